The molecule has 3 heterocycles. The monoisotopic (exact) mass is 457 g/mol. The minimum absolute atomic E-state index is 0.321. The molecule has 34 heavy (non-hydrogen) atoms. The van der Waals surface area contributed by atoms with Crippen LogP contribution in [0.4, 0.5) is 20.8 Å². The number of hydrogen-bond acceptors (Lipinski definition) is 6. The third-order valence-corrected chi connectivity index (χ3v) is 5.29. The van der Waals surface area contributed by atoms with Crippen LogP contribution < -0.4 is 15.8 Å². The van der Waals surface area contributed by atoms with Crippen LogP contribution in [-0.2, 0) is 6.54 Å². The van der Waals surface area contributed by atoms with Crippen molar-refractivity contribution in [3.63, 3.8) is 0 Å². The van der Waals surface area contributed by atoms with E-state index in [0.29, 0.717) is 40.9 Å². The van der Waals surface area contributed by atoms with E-state index in [-0.39, 0.29) is 11.8 Å². The van der Waals surface area contributed by atoms with Gasteiger partial charge in [0.2, 0.25) is 5.88 Å². The number of benzene rings is 2. The van der Waals surface area contributed by atoms with Gasteiger partial charge in [-0.05, 0) is 55.0 Å². The Kier molecular flexibility index (Phi) is 5.38. The number of aryl methyl sites for hydroxylation is 1. The molecule has 10 heteroatoms. The van der Waals surface area contributed by atoms with E-state index in [1.165, 1.54) is 23.0 Å². The van der Waals surface area contributed by atoms with Crippen LogP contribution in [0.3, 0.4) is 0 Å². The lowest BCUT2D eigenvalue weighted by Crippen LogP contribution is -2.18. The number of halogens is 1. The van der Waals surface area contributed by atoms with Crippen LogP contribution in [0.1, 0.15) is 11.3 Å². The second-order valence-corrected chi connectivity index (χ2v) is 7.66. The lowest BCUT2D eigenvalue weighted by molar-refractivity contribution is 0.254. The van der Waals surface area contributed by atoms with Crippen molar-refractivity contribution >= 4 is 28.6 Å². The van der Waals surface area contributed by atoms with Crippen molar-refractivity contribution in [1.29, 1.82) is 0 Å². The highest BCUT2D eigenvalue weighted by molar-refractivity contribution is 5.98. The number of nitrogens with two attached hydrogens (primary N) is 1. The van der Waals surface area contributed by atoms with Crippen molar-refractivity contribution in [3.8, 4) is 11.6 Å². The Balaban J connectivity index is 1.32. The van der Waals surface area contributed by atoms with E-state index in [1.807, 2.05) is 12.1 Å². The molecule has 0 saturated carbocycles. The minimum Gasteiger partial charge on any atom is -0.439 e. The summed E-state index contributed by atoms with van der Waals surface area (Å²) in [5.41, 5.74) is 8.20. The number of aromatic nitrogens is 5. The molecule has 0 aliphatic heterocycles. The summed E-state index contributed by atoms with van der Waals surface area (Å²) in [6, 6.07) is 13.0. The first kappa shape index (κ1) is 21.1. The van der Waals surface area contributed by atoms with E-state index in [4.69, 9.17) is 10.5 Å². The number of nitrogens with one attached hydrogen (secondary N) is 1. The zero-order valence-corrected chi connectivity index (χ0v) is 18.1. The van der Waals surface area contributed by atoms with Gasteiger partial charge >= 0.3 is 6.03 Å². The number of nitrogens with zero attached hydrogens (tertiary/aromatic N) is 5. The van der Waals surface area contributed by atoms with E-state index in [0.717, 1.165) is 11.1 Å². The van der Waals surface area contributed by atoms with E-state index in [1.54, 1.807) is 54.3 Å². The molecule has 0 unspecified atom stereocenters. The van der Waals surface area contributed by atoms with Crippen LogP contribution in [0.15, 0.2) is 73.4 Å². The molecule has 3 N–H and O–H groups in total. The molecule has 0 aliphatic carbocycles. The number of carbonyl (C=O) groups excluding carboxylic acids is 1. The van der Waals surface area contributed by atoms with Gasteiger partial charge in [-0.2, -0.15) is 0 Å². The fourth-order valence-electron chi connectivity index (χ4n) is 3.56. The molecule has 0 aliphatic rings. The van der Waals surface area contributed by atoms with Gasteiger partial charge in [0.25, 0.3) is 0 Å². The predicted octanol–water partition coefficient (Wildman–Crippen LogP) is 4.58. The maximum Gasteiger partial charge on any atom is 0.330 e. The molecule has 3 aromatic heterocycles. The average Bonchev–Trinajstić information content (AvgIpc) is 3.42. The maximum atomic E-state index is 13.5. The zero-order valence-electron chi connectivity index (χ0n) is 18.1. The summed E-state index contributed by atoms with van der Waals surface area (Å²) in [6.45, 7) is 2.08. The van der Waals surface area contributed by atoms with Crippen molar-refractivity contribution in [1.82, 2.24) is 24.1 Å². The van der Waals surface area contributed by atoms with Crippen LogP contribution in [0.2, 0.25) is 0 Å². The summed E-state index contributed by atoms with van der Waals surface area (Å²) in [4.78, 5) is 25.2. The van der Waals surface area contributed by atoms with Crippen LogP contribution >= 0.6 is 0 Å². The van der Waals surface area contributed by atoms with E-state index < -0.39 is 0 Å². The number of amides is 1. The lowest BCUT2D eigenvalue weighted by Gasteiger charge is -2.09. The van der Waals surface area contributed by atoms with Gasteiger partial charge in [-0.1, -0.05) is 0 Å². The van der Waals surface area contributed by atoms with Gasteiger partial charge in [0, 0.05) is 35.7 Å². The summed E-state index contributed by atoms with van der Waals surface area (Å²) in [5.74, 6) is 1.02. The van der Waals surface area contributed by atoms with Crippen molar-refractivity contribution in [3.05, 3.63) is 90.5 Å². The smallest absolute Gasteiger partial charge is 0.330 e. The first-order valence-corrected chi connectivity index (χ1v) is 10.4. The predicted molar refractivity (Wildman–Crippen MR) is 125 cm³/mol. The maximum absolute atomic E-state index is 13.5. The summed E-state index contributed by atoms with van der Waals surface area (Å²) >= 11 is 0. The second kappa shape index (κ2) is 8.66. The molecule has 0 saturated heterocycles. The average molecular weight is 457 g/mol. The Bertz CT molecular complexity index is 1510. The molecule has 170 valence electrons. The topological polar surface area (TPSA) is 113 Å². The molecule has 0 spiro atoms. The van der Waals surface area contributed by atoms with Crippen molar-refractivity contribution < 1.29 is 13.9 Å². The Morgan fingerprint density at radius 3 is 2.76 bits per heavy atom. The van der Waals surface area contributed by atoms with Gasteiger partial charge in [0.05, 0.1) is 17.8 Å². The van der Waals surface area contributed by atoms with Gasteiger partial charge < -0.3 is 20.4 Å². The summed E-state index contributed by atoms with van der Waals surface area (Å²) < 4.78 is 22.6. The van der Waals surface area contributed by atoms with Crippen molar-refractivity contribution in [2.24, 2.45) is 0 Å². The largest absolute Gasteiger partial charge is 0.439 e. The zero-order chi connectivity index (χ0) is 23.7. The number of imidazole rings is 1. The Morgan fingerprint density at radius 2 is 1.97 bits per heavy atom. The van der Waals surface area contributed by atoms with E-state index in [9.17, 15) is 9.18 Å². The van der Waals surface area contributed by atoms with Gasteiger partial charge in [-0.15, -0.1) is 0 Å². The molecule has 5 aromatic rings. The quantitative estimate of drug-likeness (QED) is 0.400. The van der Waals surface area contributed by atoms with Crippen molar-refractivity contribution in [2.75, 3.05) is 11.1 Å². The number of rotatable bonds is 5. The normalized spacial score (nSPS) is 11.0. The Labute approximate surface area is 193 Å². The van der Waals surface area contributed by atoms with Gasteiger partial charge in [-0.3, -0.25) is 4.57 Å². The van der Waals surface area contributed by atoms with Crippen LogP contribution in [0.25, 0.3) is 10.9 Å². The molecule has 9 nitrogen and oxygen atoms in total. The van der Waals surface area contributed by atoms with E-state index >= 15 is 0 Å². The number of ether oxygens (including phenoxy) is 1. The standard InChI is InChI=1S/C24H20FN7O2/c1-15-10-17(2-4-20(15)25)30-24(33)32-8-6-16-11-19(3-5-21(16)32)34-22-12-18(28-14-29-22)13-31-9-7-27-23(31)26/h2-12,14H,13H2,1H3,(H2,26,27)(H,30,33). The van der Waals surface area contributed by atoms with Crippen LogP contribution in [0.5, 0.6) is 11.6 Å². The summed E-state index contributed by atoms with van der Waals surface area (Å²) in [5, 5.41) is 3.59. The fourth-order valence-corrected chi connectivity index (χ4v) is 3.56. The van der Waals surface area contributed by atoms with Gasteiger partial charge in [-0.25, -0.2) is 24.1 Å². The molecule has 5 rings (SSSR count). The first-order valence-electron chi connectivity index (χ1n) is 10.4. The number of fused-ring (bicyclic) bond motifs is 1. The summed E-state index contributed by atoms with van der Waals surface area (Å²) in [6.07, 6.45) is 6.48. The van der Waals surface area contributed by atoms with Gasteiger partial charge in [0.1, 0.15) is 17.9 Å². The molecule has 0 fully saturated rings. The van der Waals surface area contributed by atoms with Crippen LogP contribution in [-0.4, -0.2) is 30.1 Å². The first-order chi connectivity index (χ1) is 16.5. The SMILES string of the molecule is Cc1cc(NC(=O)n2ccc3cc(Oc4cc(Cn5ccnc5N)ncn4)ccc32)ccc1F. The third-order valence-electron chi connectivity index (χ3n) is 5.29. The molecule has 1 amide bonds. The number of nitrogen functional groups attached to an aromatic ring is 1. The second-order valence-electron chi connectivity index (χ2n) is 7.66. The molecular weight excluding hydrogens is 437 g/mol. The highest BCUT2D eigenvalue weighted by Gasteiger charge is 2.12. The molecular formula is C24H20FN7O2. The van der Waals surface area contributed by atoms with E-state index in [2.05, 4.69) is 20.3 Å². The Morgan fingerprint density at radius 1 is 1.09 bits per heavy atom. The minimum atomic E-state index is -0.353. The molecule has 0 radical (unpaired) electrons. The Hall–Kier alpha value is -4.73. The lowest BCUT2D eigenvalue weighted by atomic mass is 10.2. The van der Waals surface area contributed by atoms with Gasteiger partial charge in [0.15, 0.2) is 5.95 Å². The highest BCUT2D eigenvalue weighted by Crippen LogP contribution is 2.26. The summed E-state index contributed by atoms with van der Waals surface area (Å²) in [7, 11) is 0. The molecule has 0 atom stereocenters. The number of carbonyl (C=O) groups is 1. The number of hydrogen-bond donors (Lipinski definition) is 2. The van der Waals surface area contributed by atoms with Crippen molar-refractivity contribution in [2.45, 2.75) is 13.5 Å². The number of anilines is 2. The fraction of sp³-hybridized carbons (Fsp3) is 0.0833. The third kappa shape index (κ3) is 4.29. The van der Waals surface area contributed by atoms with Crippen LogP contribution in [0, 0.1) is 12.7 Å². The molecule has 2 aromatic carbocycles. The highest BCUT2D eigenvalue weighted by atomic mass is 19.1. The molecule has 0 bridgehead atoms.